The highest BCUT2D eigenvalue weighted by molar-refractivity contribution is 7.61. The van der Waals surface area contributed by atoms with Crippen molar-refractivity contribution in [2.24, 2.45) is 5.73 Å². The van der Waals surface area contributed by atoms with Crippen LogP contribution in [-0.2, 0) is 32.0 Å². The van der Waals surface area contributed by atoms with Crippen LogP contribution in [0, 0.1) is 6.92 Å². The molecule has 0 bridgehead atoms. The summed E-state index contributed by atoms with van der Waals surface area (Å²) in [7, 11) is -10.7. The molecule has 10 atom stereocenters. The molecule has 0 spiro atoms. The summed E-state index contributed by atoms with van der Waals surface area (Å²) in [6, 6.07) is -1.03. The number of nitrogens with one attached hydrogen (secondary N) is 1. The van der Waals surface area contributed by atoms with Crippen LogP contribution in [0.2, 0.25) is 0 Å². The molecule has 0 amide bonds. The summed E-state index contributed by atoms with van der Waals surface area (Å²) in [4.78, 5) is 45.2. The van der Waals surface area contributed by atoms with Crippen LogP contribution in [0.25, 0.3) is 0 Å². The van der Waals surface area contributed by atoms with Crippen molar-refractivity contribution in [3.63, 3.8) is 0 Å². The molecule has 35 heavy (non-hydrogen) atoms. The maximum absolute atomic E-state index is 12.2. The van der Waals surface area contributed by atoms with E-state index in [1.54, 1.807) is 0 Å². The SMILES string of the molecule is Cc1cn(C2CC(O)C(COP(=O)(O)OP(=O)(O)O[C@H]3O[C@H](C)[C@H](N)[C@H](O)[C@H]3O)O2)c(=O)[nH]c1=O. The van der Waals surface area contributed by atoms with Crippen molar-refractivity contribution in [1.29, 1.82) is 0 Å². The third-order valence-electron chi connectivity index (χ3n) is 5.42. The van der Waals surface area contributed by atoms with Crippen molar-refractivity contribution in [3.05, 3.63) is 32.6 Å². The zero-order valence-corrected chi connectivity index (χ0v) is 20.2. The van der Waals surface area contributed by atoms with Crippen molar-refractivity contribution in [1.82, 2.24) is 9.55 Å². The average Bonchev–Trinajstić information content (AvgIpc) is 3.11. The highest BCUT2D eigenvalue weighted by Crippen LogP contribution is 2.61. The van der Waals surface area contributed by atoms with Gasteiger partial charge in [-0.15, -0.1) is 0 Å². The van der Waals surface area contributed by atoms with Gasteiger partial charge in [0, 0.05) is 18.2 Å². The number of aromatic nitrogens is 2. The monoisotopic (exact) mass is 547 g/mol. The van der Waals surface area contributed by atoms with Gasteiger partial charge in [-0.05, 0) is 13.8 Å². The summed E-state index contributed by atoms with van der Waals surface area (Å²) >= 11 is 0. The van der Waals surface area contributed by atoms with Crippen LogP contribution < -0.4 is 17.0 Å². The third-order valence-corrected chi connectivity index (χ3v) is 8.02. The molecule has 0 radical (unpaired) electrons. The molecule has 2 fully saturated rings. The fourth-order valence-corrected chi connectivity index (χ4v) is 5.60. The third kappa shape index (κ3) is 6.72. The van der Waals surface area contributed by atoms with Gasteiger partial charge >= 0.3 is 21.3 Å². The van der Waals surface area contributed by atoms with E-state index >= 15 is 0 Å². The normalized spacial score (nSPS) is 37.0. The molecule has 8 N–H and O–H groups in total. The van der Waals surface area contributed by atoms with Gasteiger partial charge in [-0.2, -0.15) is 4.31 Å². The first kappa shape index (κ1) is 28.3. The minimum absolute atomic E-state index is 0.142. The van der Waals surface area contributed by atoms with E-state index in [1.165, 1.54) is 20.0 Å². The van der Waals surface area contributed by atoms with Crippen molar-refractivity contribution in [2.75, 3.05) is 6.61 Å². The number of aliphatic hydroxyl groups is 3. The van der Waals surface area contributed by atoms with E-state index in [-0.39, 0.29) is 12.0 Å². The summed E-state index contributed by atoms with van der Waals surface area (Å²) in [6.07, 6.45) is -8.81. The van der Waals surface area contributed by atoms with Crippen molar-refractivity contribution >= 4 is 15.6 Å². The fraction of sp³-hybridized carbons (Fsp3) is 0.750. The minimum atomic E-state index is -5.40. The highest BCUT2D eigenvalue weighted by Gasteiger charge is 2.47. The van der Waals surface area contributed by atoms with Gasteiger partial charge in [-0.25, -0.2) is 13.9 Å². The number of nitrogens with zero attached hydrogens (tertiary/aromatic N) is 1. The molecular weight excluding hydrogens is 520 g/mol. The van der Waals surface area contributed by atoms with E-state index < -0.39 is 82.6 Å². The van der Waals surface area contributed by atoms with E-state index in [1.807, 2.05) is 0 Å². The van der Waals surface area contributed by atoms with Crippen LogP contribution in [0.15, 0.2) is 15.8 Å². The molecule has 1 aromatic heterocycles. The second-order valence-electron chi connectivity index (χ2n) is 8.10. The molecule has 3 heterocycles. The number of aryl methyl sites for hydroxylation is 1. The summed E-state index contributed by atoms with van der Waals surface area (Å²) in [6.45, 7) is 2.03. The van der Waals surface area contributed by atoms with Gasteiger partial charge in [-0.1, -0.05) is 0 Å². The maximum Gasteiger partial charge on any atom is 0.483 e. The van der Waals surface area contributed by atoms with Crippen LogP contribution in [0.1, 0.15) is 25.1 Å². The molecule has 19 heteroatoms. The molecular formula is C16H27N3O14P2. The predicted octanol–water partition coefficient (Wildman–Crippen LogP) is -2.46. The van der Waals surface area contributed by atoms with Crippen LogP contribution in [-0.4, -0.2) is 84.1 Å². The average molecular weight is 547 g/mol. The Morgan fingerprint density at radius 1 is 1.17 bits per heavy atom. The summed E-state index contributed by atoms with van der Waals surface area (Å²) < 4.78 is 49.3. The predicted molar refractivity (Wildman–Crippen MR) is 113 cm³/mol. The number of ether oxygens (including phenoxy) is 2. The van der Waals surface area contributed by atoms with Crippen LogP contribution in [0.4, 0.5) is 0 Å². The Kier molecular flexibility index (Phi) is 8.56. The zero-order valence-electron chi connectivity index (χ0n) is 18.4. The number of hydrogen-bond donors (Lipinski definition) is 7. The number of rotatable bonds is 8. The minimum Gasteiger partial charge on any atom is -0.390 e. The molecule has 0 aliphatic carbocycles. The molecule has 0 saturated carbocycles. The van der Waals surface area contributed by atoms with E-state index in [9.17, 15) is 43.8 Å². The molecule has 17 nitrogen and oxygen atoms in total. The van der Waals surface area contributed by atoms with Crippen molar-refractivity contribution in [2.45, 2.75) is 69.3 Å². The largest absolute Gasteiger partial charge is 0.483 e. The highest BCUT2D eigenvalue weighted by atomic mass is 31.3. The summed E-state index contributed by atoms with van der Waals surface area (Å²) in [5, 5.41) is 29.9. The number of aliphatic hydroxyl groups excluding tert-OH is 3. The fourth-order valence-electron chi connectivity index (χ4n) is 3.44. The van der Waals surface area contributed by atoms with E-state index in [0.717, 1.165) is 4.57 Å². The zero-order chi connectivity index (χ0) is 26.3. The van der Waals surface area contributed by atoms with E-state index in [4.69, 9.17) is 15.2 Å². The molecule has 2 aliphatic rings. The number of nitrogens with two attached hydrogens (primary N) is 1. The second-order valence-corrected chi connectivity index (χ2v) is 11.1. The van der Waals surface area contributed by atoms with E-state index in [2.05, 4.69) is 18.3 Å². The first-order valence-corrected chi connectivity index (χ1v) is 13.2. The first-order chi connectivity index (χ1) is 16.1. The van der Waals surface area contributed by atoms with Gasteiger partial charge in [0.05, 0.1) is 24.9 Å². The standard InChI is InChI=1S/C16H27N3O14P2/c1-6-4-19(16(24)18-14(6)23)10-3-8(20)9(31-10)5-29-34(25,26)33-35(27,28)32-15-13(22)12(21)11(17)7(2)30-15/h4,7-13,15,20-22H,3,5,17H2,1-2H3,(H,25,26)(H,27,28)(H,18,23,24)/t7-,8?,9?,10?,11+,12+,13-,15-/m1/s1. The lowest BCUT2D eigenvalue weighted by Gasteiger charge is -2.39. The maximum atomic E-state index is 12.2. The van der Waals surface area contributed by atoms with Gasteiger partial charge in [0.1, 0.15) is 24.5 Å². The second kappa shape index (κ2) is 10.6. The Bertz CT molecular complexity index is 1130. The van der Waals surface area contributed by atoms with Crippen molar-refractivity contribution in [3.8, 4) is 0 Å². The summed E-state index contributed by atoms with van der Waals surface area (Å²) in [5.41, 5.74) is 4.39. The van der Waals surface area contributed by atoms with Gasteiger partial charge in [0.25, 0.3) is 5.56 Å². The number of phosphoric ester groups is 2. The smallest absolute Gasteiger partial charge is 0.390 e. The Hall–Kier alpha value is -1.30. The van der Waals surface area contributed by atoms with Crippen molar-refractivity contribution < 1.29 is 57.1 Å². The molecule has 2 aliphatic heterocycles. The quantitative estimate of drug-likeness (QED) is 0.166. The Labute approximate surface area is 197 Å². The first-order valence-electron chi connectivity index (χ1n) is 10.2. The van der Waals surface area contributed by atoms with Gasteiger partial charge in [-0.3, -0.25) is 23.4 Å². The number of hydrogen-bond acceptors (Lipinski definition) is 13. The lowest BCUT2D eigenvalue weighted by Crippen LogP contribution is -2.60. The van der Waals surface area contributed by atoms with Crippen LogP contribution in [0.5, 0.6) is 0 Å². The number of phosphoric acid groups is 2. The molecule has 3 rings (SSSR count). The molecule has 0 aromatic carbocycles. The van der Waals surface area contributed by atoms with E-state index in [0.29, 0.717) is 0 Å². The molecule has 200 valence electrons. The van der Waals surface area contributed by atoms with Gasteiger partial charge in [0.2, 0.25) is 0 Å². The lowest BCUT2D eigenvalue weighted by atomic mass is 9.98. The van der Waals surface area contributed by atoms with Crippen LogP contribution >= 0.6 is 15.6 Å². The molecule has 1 aromatic rings. The molecule has 2 saturated heterocycles. The number of H-pyrrole nitrogens is 1. The van der Waals surface area contributed by atoms with Gasteiger partial charge < -0.3 is 40.3 Å². The Morgan fingerprint density at radius 3 is 2.49 bits per heavy atom. The Balaban J connectivity index is 1.59. The number of aromatic amines is 1. The molecule has 5 unspecified atom stereocenters. The van der Waals surface area contributed by atoms with Gasteiger partial charge in [0.15, 0.2) is 6.29 Å². The Morgan fingerprint density at radius 2 is 1.83 bits per heavy atom. The van der Waals surface area contributed by atoms with Crippen LogP contribution in [0.3, 0.4) is 0 Å². The lowest BCUT2D eigenvalue weighted by molar-refractivity contribution is -0.242. The topological polar surface area (TPSA) is 262 Å². The summed E-state index contributed by atoms with van der Waals surface area (Å²) in [5.74, 6) is 0.